The Bertz CT molecular complexity index is 1220. The molecule has 6 heteroatoms. The van der Waals surface area contributed by atoms with Gasteiger partial charge in [0, 0.05) is 78.9 Å². The Morgan fingerprint density at radius 3 is 2.74 bits per heavy atom. The first kappa shape index (κ1) is 19.7. The van der Waals surface area contributed by atoms with Gasteiger partial charge in [0.05, 0.1) is 12.8 Å². The minimum Gasteiger partial charge on any atom is -0.497 e. The Kier molecular flexibility index (Phi) is 5.16. The Balaban J connectivity index is 1.41. The minimum absolute atomic E-state index is 0.409. The zero-order chi connectivity index (χ0) is 21.4. The second-order valence-electron chi connectivity index (χ2n) is 8.40. The van der Waals surface area contributed by atoms with Crippen molar-refractivity contribution in [3.8, 4) is 17.1 Å². The van der Waals surface area contributed by atoms with Crippen molar-refractivity contribution in [1.29, 1.82) is 0 Å². The smallest absolute Gasteiger partial charge is 0.159 e. The Hall–Kier alpha value is -3.25. The fraction of sp³-hybridized carbons (Fsp3) is 0.320. The van der Waals surface area contributed by atoms with E-state index >= 15 is 0 Å². The van der Waals surface area contributed by atoms with Crippen molar-refractivity contribution >= 4 is 10.9 Å². The molecule has 0 spiro atoms. The highest BCUT2D eigenvalue weighted by Gasteiger charge is 2.21. The van der Waals surface area contributed by atoms with E-state index in [2.05, 4.69) is 51.6 Å². The van der Waals surface area contributed by atoms with Gasteiger partial charge in [-0.15, -0.1) is 0 Å². The van der Waals surface area contributed by atoms with E-state index in [-0.39, 0.29) is 0 Å². The minimum atomic E-state index is 0.409. The number of fused-ring (bicyclic) bond motifs is 2. The van der Waals surface area contributed by atoms with Crippen LogP contribution in [0.5, 0.6) is 5.75 Å². The lowest BCUT2D eigenvalue weighted by atomic mass is 10.1. The summed E-state index contributed by atoms with van der Waals surface area (Å²) in [7, 11) is 1.72. The standard InChI is InChI=1S/C25H27N5O/c1-17(2)30-16-20(22-12-21(31-3)4-5-24(22)30)15-29-11-8-23-19(14-29)13-27-25(28-23)18-6-9-26-10-7-18/h4-7,9-10,12-13,16-17H,8,11,14-15H2,1-3H3. The summed E-state index contributed by atoms with van der Waals surface area (Å²) in [6.45, 7) is 7.20. The van der Waals surface area contributed by atoms with Crippen LogP contribution in [0.25, 0.3) is 22.3 Å². The third-order valence-electron chi connectivity index (χ3n) is 6.02. The quantitative estimate of drug-likeness (QED) is 0.477. The van der Waals surface area contributed by atoms with E-state index in [4.69, 9.17) is 9.72 Å². The average molecular weight is 414 g/mol. The van der Waals surface area contributed by atoms with Gasteiger partial charge >= 0.3 is 0 Å². The van der Waals surface area contributed by atoms with Crippen molar-refractivity contribution in [1.82, 2.24) is 24.4 Å². The molecule has 3 aromatic heterocycles. The average Bonchev–Trinajstić information content (AvgIpc) is 3.17. The second kappa shape index (κ2) is 8.12. The number of aromatic nitrogens is 4. The van der Waals surface area contributed by atoms with Crippen LogP contribution in [-0.2, 0) is 19.5 Å². The third kappa shape index (κ3) is 3.79. The van der Waals surface area contributed by atoms with Gasteiger partial charge in [-0.2, -0.15) is 0 Å². The van der Waals surface area contributed by atoms with Crippen LogP contribution in [-0.4, -0.2) is 38.1 Å². The normalized spacial score (nSPS) is 14.2. The van der Waals surface area contributed by atoms with Crippen LogP contribution in [0, 0.1) is 0 Å². The molecule has 0 bridgehead atoms. The third-order valence-corrected chi connectivity index (χ3v) is 6.02. The molecular weight excluding hydrogens is 386 g/mol. The molecule has 0 aliphatic carbocycles. The summed E-state index contributed by atoms with van der Waals surface area (Å²) in [5.41, 5.74) is 5.98. The number of nitrogens with zero attached hydrogens (tertiary/aromatic N) is 5. The molecular formula is C25H27N5O. The topological polar surface area (TPSA) is 56.1 Å². The van der Waals surface area contributed by atoms with Crippen LogP contribution < -0.4 is 4.74 Å². The number of methoxy groups -OCH3 is 1. The number of rotatable bonds is 5. The van der Waals surface area contributed by atoms with E-state index in [1.807, 2.05) is 24.4 Å². The first-order valence-electron chi connectivity index (χ1n) is 10.8. The van der Waals surface area contributed by atoms with Gasteiger partial charge in [0.1, 0.15) is 5.75 Å². The SMILES string of the molecule is COc1ccc2c(c1)c(CN1CCc3nc(-c4ccncc4)ncc3C1)cn2C(C)C. The number of pyridine rings is 1. The lowest BCUT2D eigenvalue weighted by Crippen LogP contribution is -2.30. The van der Waals surface area contributed by atoms with E-state index in [1.54, 1.807) is 19.5 Å². The lowest BCUT2D eigenvalue weighted by molar-refractivity contribution is 0.243. The van der Waals surface area contributed by atoms with E-state index in [9.17, 15) is 0 Å². The molecule has 1 aliphatic heterocycles. The predicted octanol–water partition coefficient (Wildman–Crippen LogP) is 4.64. The Labute approximate surface area is 182 Å². The highest BCUT2D eigenvalue weighted by Crippen LogP contribution is 2.30. The lowest BCUT2D eigenvalue weighted by Gasteiger charge is -2.28. The van der Waals surface area contributed by atoms with Gasteiger partial charge in [-0.3, -0.25) is 9.88 Å². The van der Waals surface area contributed by atoms with Crippen LogP contribution >= 0.6 is 0 Å². The first-order valence-corrected chi connectivity index (χ1v) is 10.8. The molecule has 31 heavy (non-hydrogen) atoms. The predicted molar refractivity (Wildman–Crippen MR) is 122 cm³/mol. The van der Waals surface area contributed by atoms with Crippen LogP contribution in [0.1, 0.15) is 36.7 Å². The van der Waals surface area contributed by atoms with Gasteiger partial charge in [-0.1, -0.05) is 0 Å². The highest BCUT2D eigenvalue weighted by molar-refractivity contribution is 5.85. The summed E-state index contributed by atoms with van der Waals surface area (Å²) in [4.78, 5) is 16.0. The Morgan fingerprint density at radius 1 is 1.13 bits per heavy atom. The van der Waals surface area contributed by atoms with Crippen molar-refractivity contribution < 1.29 is 4.74 Å². The summed E-state index contributed by atoms with van der Waals surface area (Å²) >= 11 is 0. The fourth-order valence-electron chi connectivity index (χ4n) is 4.38. The van der Waals surface area contributed by atoms with Crippen LogP contribution in [0.3, 0.4) is 0 Å². The molecule has 0 fully saturated rings. The van der Waals surface area contributed by atoms with Crippen molar-refractivity contribution in [3.05, 3.63) is 71.9 Å². The summed E-state index contributed by atoms with van der Waals surface area (Å²) in [6.07, 6.45) is 8.78. The summed E-state index contributed by atoms with van der Waals surface area (Å²) < 4.78 is 7.84. The fourth-order valence-corrected chi connectivity index (χ4v) is 4.38. The maximum absolute atomic E-state index is 5.49. The summed E-state index contributed by atoms with van der Waals surface area (Å²) in [5.74, 6) is 1.68. The van der Waals surface area contributed by atoms with Gasteiger partial charge in [-0.25, -0.2) is 9.97 Å². The van der Waals surface area contributed by atoms with Crippen molar-refractivity contribution in [3.63, 3.8) is 0 Å². The molecule has 4 heterocycles. The molecule has 0 amide bonds. The molecule has 0 saturated carbocycles. The van der Waals surface area contributed by atoms with E-state index in [1.165, 1.54) is 22.0 Å². The van der Waals surface area contributed by atoms with Gasteiger partial charge in [0.25, 0.3) is 0 Å². The molecule has 5 rings (SSSR count). The van der Waals surface area contributed by atoms with Gasteiger partial charge in [0.2, 0.25) is 0 Å². The van der Waals surface area contributed by atoms with Gasteiger partial charge in [-0.05, 0) is 49.7 Å². The van der Waals surface area contributed by atoms with E-state index < -0.39 is 0 Å². The first-order chi connectivity index (χ1) is 15.1. The van der Waals surface area contributed by atoms with E-state index in [0.29, 0.717) is 6.04 Å². The molecule has 0 unspecified atom stereocenters. The number of hydrogen-bond acceptors (Lipinski definition) is 5. The van der Waals surface area contributed by atoms with Crippen molar-refractivity contribution in [2.45, 2.75) is 39.4 Å². The molecule has 6 nitrogen and oxygen atoms in total. The molecule has 0 saturated heterocycles. The van der Waals surface area contributed by atoms with Crippen LogP contribution in [0.4, 0.5) is 0 Å². The molecule has 0 atom stereocenters. The number of benzene rings is 1. The molecule has 1 aliphatic rings. The molecule has 4 aromatic rings. The highest BCUT2D eigenvalue weighted by atomic mass is 16.5. The molecule has 1 aromatic carbocycles. The molecule has 0 radical (unpaired) electrons. The number of hydrogen-bond donors (Lipinski definition) is 0. The monoisotopic (exact) mass is 413 g/mol. The molecule has 158 valence electrons. The second-order valence-corrected chi connectivity index (χ2v) is 8.40. The Morgan fingerprint density at radius 2 is 1.97 bits per heavy atom. The van der Waals surface area contributed by atoms with Crippen molar-refractivity contribution in [2.75, 3.05) is 13.7 Å². The van der Waals surface area contributed by atoms with Gasteiger partial charge in [0.15, 0.2) is 5.82 Å². The maximum Gasteiger partial charge on any atom is 0.159 e. The summed E-state index contributed by atoms with van der Waals surface area (Å²) in [6, 6.07) is 10.7. The van der Waals surface area contributed by atoms with Crippen LogP contribution in [0.2, 0.25) is 0 Å². The van der Waals surface area contributed by atoms with Crippen molar-refractivity contribution in [2.24, 2.45) is 0 Å². The summed E-state index contributed by atoms with van der Waals surface area (Å²) in [5, 5.41) is 1.27. The van der Waals surface area contributed by atoms with E-state index in [0.717, 1.165) is 48.9 Å². The van der Waals surface area contributed by atoms with Crippen LogP contribution in [0.15, 0.2) is 55.1 Å². The zero-order valence-electron chi connectivity index (χ0n) is 18.2. The largest absolute Gasteiger partial charge is 0.497 e. The maximum atomic E-state index is 5.49. The number of ether oxygens (including phenoxy) is 1. The molecule has 0 N–H and O–H groups in total. The zero-order valence-corrected chi connectivity index (χ0v) is 18.2. The van der Waals surface area contributed by atoms with Gasteiger partial charge < -0.3 is 9.30 Å².